The number of esters is 1. The standard InChI is InChI=1S/C17H15ClN2O2/c1-2-22-17(21)16-6-4-14(20-16)8-11-3-5-15-12(7-11)9-13(18)10-19-15/h3,5-7,9-10H,2,4,8H2,1H3. The van der Waals surface area contributed by atoms with E-state index in [1.165, 1.54) is 0 Å². The van der Waals surface area contributed by atoms with Crippen LogP contribution >= 0.6 is 11.6 Å². The topological polar surface area (TPSA) is 51.5 Å². The summed E-state index contributed by atoms with van der Waals surface area (Å²) in [6.45, 7) is 2.14. The minimum Gasteiger partial charge on any atom is -0.461 e. The molecule has 0 bridgehead atoms. The van der Waals surface area contributed by atoms with Crippen molar-refractivity contribution in [1.29, 1.82) is 0 Å². The number of aliphatic imine (C=N–C) groups is 1. The summed E-state index contributed by atoms with van der Waals surface area (Å²) in [4.78, 5) is 20.3. The van der Waals surface area contributed by atoms with Gasteiger partial charge in [-0.05, 0) is 36.8 Å². The van der Waals surface area contributed by atoms with Crippen LogP contribution in [-0.4, -0.2) is 23.3 Å². The average molecular weight is 315 g/mol. The van der Waals surface area contributed by atoms with Crippen molar-refractivity contribution < 1.29 is 9.53 Å². The molecule has 4 nitrogen and oxygen atoms in total. The number of halogens is 1. The van der Waals surface area contributed by atoms with Crippen LogP contribution in [0.3, 0.4) is 0 Å². The van der Waals surface area contributed by atoms with Crippen LogP contribution in [-0.2, 0) is 16.0 Å². The SMILES string of the molecule is CCOC(=O)C1=CCC(Cc2ccc3ncc(Cl)cc3c2)=N1. The van der Waals surface area contributed by atoms with Crippen molar-refractivity contribution in [2.75, 3.05) is 6.61 Å². The third-order valence-electron chi connectivity index (χ3n) is 3.41. The van der Waals surface area contributed by atoms with E-state index in [2.05, 4.69) is 16.0 Å². The minimum absolute atomic E-state index is 0.355. The first-order chi connectivity index (χ1) is 10.7. The van der Waals surface area contributed by atoms with Gasteiger partial charge in [-0.3, -0.25) is 4.98 Å². The van der Waals surface area contributed by atoms with E-state index in [0.717, 1.165) is 22.2 Å². The van der Waals surface area contributed by atoms with Crippen LogP contribution in [0.5, 0.6) is 0 Å². The number of allylic oxidation sites excluding steroid dienone is 1. The molecule has 2 heterocycles. The largest absolute Gasteiger partial charge is 0.461 e. The molecule has 22 heavy (non-hydrogen) atoms. The summed E-state index contributed by atoms with van der Waals surface area (Å²) < 4.78 is 4.96. The number of benzene rings is 1. The molecule has 0 saturated carbocycles. The maximum Gasteiger partial charge on any atom is 0.356 e. The lowest BCUT2D eigenvalue weighted by molar-refractivity contribution is -0.138. The van der Waals surface area contributed by atoms with Gasteiger partial charge < -0.3 is 4.74 Å². The lowest BCUT2D eigenvalue weighted by Crippen LogP contribution is -2.05. The van der Waals surface area contributed by atoms with Crippen molar-refractivity contribution >= 4 is 34.2 Å². The molecule has 1 aromatic heterocycles. The Morgan fingerprint density at radius 1 is 1.36 bits per heavy atom. The van der Waals surface area contributed by atoms with Gasteiger partial charge in [0.2, 0.25) is 0 Å². The van der Waals surface area contributed by atoms with Crippen LogP contribution < -0.4 is 0 Å². The van der Waals surface area contributed by atoms with Crippen LogP contribution in [0.1, 0.15) is 18.9 Å². The van der Waals surface area contributed by atoms with Crippen molar-refractivity contribution in [1.82, 2.24) is 4.98 Å². The first-order valence-electron chi connectivity index (χ1n) is 7.13. The Kier molecular flexibility index (Phi) is 4.20. The number of ether oxygens (including phenoxy) is 1. The van der Waals surface area contributed by atoms with Gasteiger partial charge in [0.15, 0.2) is 0 Å². The number of hydrogen-bond acceptors (Lipinski definition) is 4. The van der Waals surface area contributed by atoms with Crippen LogP contribution in [0.15, 0.2) is 47.2 Å². The van der Waals surface area contributed by atoms with Crippen molar-refractivity contribution in [3.63, 3.8) is 0 Å². The van der Waals surface area contributed by atoms with Gasteiger partial charge in [0.05, 0.1) is 17.1 Å². The maximum atomic E-state index is 11.6. The van der Waals surface area contributed by atoms with Crippen LogP contribution in [0.2, 0.25) is 5.02 Å². The predicted molar refractivity (Wildman–Crippen MR) is 87.2 cm³/mol. The van der Waals surface area contributed by atoms with Gasteiger partial charge in [0.25, 0.3) is 0 Å². The van der Waals surface area contributed by atoms with Crippen molar-refractivity contribution in [3.05, 3.63) is 52.8 Å². The van der Waals surface area contributed by atoms with Gasteiger partial charge >= 0.3 is 5.97 Å². The molecule has 5 heteroatoms. The van der Waals surface area contributed by atoms with E-state index in [1.54, 1.807) is 13.1 Å². The monoisotopic (exact) mass is 314 g/mol. The molecule has 2 aromatic rings. The molecule has 0 fully saturated rings. The van der Waals surface area contributed by atoms with E-state index in [1.807, 2.05) is 24.3 Å². The molecule has 1 aromatic carbocycles. The summed E-state index contributed by atoms with van der Waals surface area (Å²) in [5.74, 6) is -0.355. The molecule has 1 aliphatic rings. The summed E-state index contributed by atoms with van der Waals surface area (Å²) in [6.07, 6.45) is 4.83. The van der Waals surface area contributed by atoms with Gasteiger partial charge in [-0.2, -0.15) is 0 Å². The number of pyridine rings is 1. The highest BCUT2D eigenvalue weighted by molar-refractivity contribution is 6.31. The van der Waals surface area contributed by atoms with Gasteiger partial charge in [-0.15, -0.1) is 0 Å². The summed E-state index contributed by atoms with van der Waals surface area (Å²) in [5.41, 5.74) is 3.39. The second-order valence-electron chi connectivity index (χ2n) is 5.05. The van der Waals surface area contributed by atoms with Gasteiger partial charge in [0.1, 0.15) is 5.70 Å². The fourth-order valence-corrected chi connectivity index (χ4v) is 2.59. The Morgan fingerprint density at radius 2 is 2.23 bits per heavy atom. The summed E-state index contributed by atoms with van der Waals surface area (Å²) in [6, 6.07) is 7.94. The second kappa shape index (κ2) is 6.28. The molecule has 0 aliphatic carbocycles. The van der Waals surface area contributed by atoms with Gasteiger partial charge in [-0.1, -0.05) is 17.7 Å². The maximum absolute atomic E-state index is 11.6. The Balaban J connectivity index is 1.77. The third-order valence-corrected chi connectivity index (χ3v) is 3.62. The number of rotatable bonds is 4. The Morgan fingerprint density at radius 3 is 3.05 bits per heavy atom. The molecule has 3 rings (SSSR count). The minimum atomic E-state index is -0.355. The molecular formula is C17H15ClN2O2. The average Bonchev–Trinajstić information content (AvgIpc) is 2.96. The normalized spacial score (nSPS) is 13.9. The molecule has 0 saturated heterocycles. The number of fused-ring (bicyclic) bond motifs is 1. The van der Waals surface area contributed by atoms with Crippen LogP contribution in [0.4, 0.5) is 0 Å². The molecule has 112 valence electrons. The molecule has 0 spiro atoms. The van der Waals surface area contributed by atoms with E-state index < -0.39 is 0 Å². The van der Waals surface area contributed by atoms with Crippen LogP contribution in [0, 0.1) is 0 Å². The number of hydrogen-bond donors (Lipinski definition) is 0. The van der Waals surface area contributed by atoms with Crippen LogP contribution in [0.25, 0.3) is 10.9 Å². The lowest BCUT2D eigenvalue weighted by Gasteiger charge is -2.04. The summed E-state index contributed by atoms with van der Waals surface area (Å²) in [7, 11) is 0. The van der Waals surface area contributed by atoms with E-state index in [9.17, 15) is 4.79 Å². The quantitative estimate of drug-likeness (QED) is 0.808. The molecule has 1 aliphatic heterocycles. The smallest absolute Gasteiger partial charge is 0.356 e. The zero-order valence-corrected chi connectivity index (χ0v) is 12.9. The highest BCUT2D eigenvalue weighted by Crippen LogP contribution is 2.20. The van der Waals surface area contributed by atoms with Crippen molar-refractivity contribution in [2.45, 2.75) is 19.8 Å². The Hall–Kier alpha value is -2.20. The first-order valence-corrected chi connectivity index (χ1v) is 7.51. The third kappa shape index (κ3) is 3.17. The zero-order chi connectivity index (χ0) is 15.5. The van der Waals surface area contributed by atoms with Gasteiger partial charge in [-0.25, -0.2) is 9.79 Å². The summed E-state index contributed by atoms with van der Waals surface area (Å²) >= 11 is 5.98. The molecule has 0 N–H and O–H groups in total. The Labute approximate surface area is 133 Å². The fraction of sp³-hybridized carbons (Fsp3) is 0.235. The fourth-order valence-electron chi connectivity index (χ4n) is 2.42. The molecule has 0 radical (unpaired) electrons. The number of carbonyl (C=O) groups is 1. The second-order valence-corrected chi connectivity index (χ2v) is 5.49. The molecule has 0 atom stereocenters. The van der Waals surface area contributed by atoms with Crippen molar-refractivity contribution in [2.24, 2.45) is 4.99 Å². The van der Waals surface area contributed by atoms with E-state index in [0.29, 0.717) is 30.2 Å². The first kappa shape index (κ1) is 14.7. The van der Waals surface area contributed by atoms with Gasteiger partial charge in [0, 0.05) is 30.1 Å². The summed E-state index contributed by atoms with van der Waals surface area (Å²) in [5, 5.41) is 1.62. The van der Waals surface area contributed by atoms with E-state index in [4.69, 9.17) is 16.3 Å². The molecular weight excluding hydrogens is 300 g/mol. The lowest BCUT2D eigenvalue weighted by atomic mass is 10.0. The number of aromatic nitrogens is 1. The molecule has 0 unspecified atom stereocenters. The molecule has 0 amide bonds. The van der Waals surface area contributed by atoms with E-state index in [-0.39, 0.29) is 5.97 Å². The highest BCUT2D eigenvalue weighted by atomic mass is 35.5. The predicted octanol–water partition coefficient (Wildman–Crippen LogP) is 3.72. The zero-order valence-electron chi connectivity index (χ0n) is 12.2. The highest BCUT2D eigenvalue weighted by Gasteiger charge is 2.16. The van der Waals surface area contributed by atoms with Crippen molar-refractivity contribution in [3.8, 4) is 0 Å². The number of carbonyl (C=O) groups excluding carboxylic acids is 1. The number of nitrogens with zero attached hydrogens (tertiary/aromatic N) is 2. The van der Waals surface area contributed by atoms with E-state index >= 15 is 0 Å². The Bertz CT molecular complexity index is 796.